The molecule has 0 aromatic heterocycles. The molecule has 0 radical (unpaired) electrons. The fourth-order valence-corrected chi connectivity index (χ4v) is 1.78. The van der Waals surface area contributed by atoms with Crippen molar-refractivity contribution in [3.63, 3.8) is 0 Å². The van der Waals surface area contributed by atoms with Gasteiger partial charge in [-0.2, -0.15) is 0 Å². The molecule has 0 saturated heterocycles. The zero-order valence-electron chi connectivity index (χ0n) is 13.7. The van der Waals surface area contributed by atoms with Crippen LogP contribution in [0, 0.1) is 5.82 Å². The maximum atomic E-state index is 13.3. The molecule has 0 fully saturated rings. The van der Waals surface area contributed by atoms with Gasteiger partial charge in [0.05, 0.1) is 6.54 Å². The summed E-state index contributed by atoms with van der Waals surface area (Å²) in [7, 11) is 0. The number of amides is 2. The number of carbonyl (C=O) groups excluding carboxylic acids is 3. The number of nitrogens with zero attached hydrogens (tertiary/aromatic N) is 1. The normalized spacial score (nSPS) is 9.96. The number of likely N-dealkylation sites (N-methyl/N-ethyl adjacent to an activating group) is 2. The van der Waals surface area contributed by atoms with E-state index in [4.69, 9.17) is 9.47 Å². The molecule has 8 heteroatoms. The van der Waals surface area contributed by atoms with Gasteiger partial charge in [0.15, 0.2) is 24.8 Å². The quantitative estimate of drug-likeness (QED) is 0.670. The van der Waals surface area contributed by atoms with Gasteiger partial charge >= 0.3 is 5.97 Å². The van der Waals surface area contributed by atoms with E-state index in [0.29, 0.717) is 13.1 Å². The van der Waals surface area contributed by atoms with E-state index in [1.807, 2.05) is 0 Å². The smallest absolute Gasteiger partial charge is 0.344 e. The van der Waals surface area contributed by atoms with E-state index in [-0.39, 0.29) is 18.2 Å². The molecule has 7 nitrogen and oxygen atoms in total. The maximum absolute atomic E-state index is 13.3. The highest BCUT2D eigenvalue weighted by atomic mass is 19.1. The minimum Gasteiger partial charge on any atom is -0.479 e. The summed E-state index contributed by atoms with van der Waals surface area (Å²) < 4.78 is 23.1. The highest BCUT2D eigenvalue weighted by Crippen LogP contribution is 2.15. The summed E-state index contributed by atoms with van der Waals surface area (Å²) in [5.41, 5.74) is 0. The van der Waals surface area contributed by atoms with Gasteiger partial charge in [-0.25, -0.2) is 9.18 Å². The van der Waals surface area contributed by atoms with Gasteiger partial charge in [-0.15, -0.1) is 0 Å². The largest absolute Gasteiger partial charge is 0.479 e. The molecule has 1 rings (SSSR count). The van der Waals surface area contributed by atoms with Gasteiger partial charge in [0.25, 0.3) is 5.91 Å². The van der Waals surface area contributed by atoms with Crippen molar-refractivity contribution in [2.75, 3.05) is 32.8 Å². The minimum absolute atomic E-state index is 0.0767. The summed E-state index contributed by atoms with van der Waals surface area (Å²) in [6.07, 6.45) is 0. The maximum Gasteiger partial charge on any atom is 0.344 e. The average molecular weight is 340 g/mol. The van der Waals surface area contributed by atoms with E-state index in [9.17, 15) is 18.8 Å². The Bertz CT molecular complexity index is 579. The Morgan fingerprint density at radius 1 is 1.17 bits per heavy atom. The van der Waals surface area contributed by atoms with Crippen LogP contribution in [0.15, 0.2) is 24.3 Å². The van der Waals surface area contributed by atoms with Crippen molar-refractivity contribution in [1.29, 1.82) is 0 Å². The van der Waals surface area contributed by atoms with Crippen LogP contribution in [0.2, 0.25) is 0 Å². The van der Waals surface area contributed by atoms with Gasteiger partial charge in [-0.05, 0) is 26.0 Å². The zero-order valence-corrected chi connectivity index (χ0v) is 13.7. The van der Waals surface area contributed by atoms with E-state index in [2.05, 4.69) is 5.32 Å². The van der Waals surface area contributed by atoms with Crippen LogP contribution in [-0.4, -0.2) is 55.5 Å². The van der Waals surface area contributed by atoms with Crippen LogP contribution in [0.1, 0.15) is 13.8 Å². The Morgan fingerprint density at radius 2 is 1.88 bits per heavy atom. The third-order valence-electron chi connectivity index (χ3n) is 2.98. The summed E-state index contributed by atoms with van der Waals surface area (Å²) in [4.78, 5) is 36.2. The molecule has 0 aliphatic rings. The van der Waals surface area contributed by atoms with Gasteiger partial charge < -0.3 is 19.7 Å². The zero-order chi connectivity index (χ0) is 17.9. The number of halogens is 1. The van der Waals surface area contributed by atoms with Crippen LogP contribution < -0.4 is 10.1 Å². The molecule has 0 atom stereocenters. The SMILES string of the molecule is CCNC(=O)CN(CC)C(=O)COC(=O)COc1ccccc1F. The van der Waals surface area contributed by atoms with Crippen LogP contribution in [0.3, 0.4) is 0 Å². The monoisotopic (exact) mass is 340 g/mol. The fourth-order valence-electron chi connectivity index (χ4n) is 1.78. The van der Waals surface area contributed by atoms with Crippen LogP contribution in [0.25, 0.3) is 0 Å². The first-order valence-corrected chi connectivity index (χ1v) is 7.55. The molecule has 0 heterocycles. The first-order valence-electron chi connectivity index (χ1n) is 7.55. The Kier molecular flexibility index (Phi) is 8.24. The molecule has 0 unspecified atom stereocenters. The molecule has 0 spiro atoms. The fraction of sp³-hybridized carbons (Fsp3) is 0.438. The Morgan fingerprint density at radius 3 is 2.50 bits per heavy atom. The predicted molar refractivity (Wildman–Crippen MR) is 83.8 cm³/mol. The minimum atomic E-state index is -0.805. The number of hydrogen-bond acceptors (Lipinski definition) is 5. The van der Waals surface area contributed by atoms with E-state index < -0.39 is 30.9 Å². The third-order valence-corrected chi connectivity index (χ3v) is 2.98. The molecule has 24 heavy (non-hydrogen) atoms. The van der Waals surface area contributed by atoms with Gasteiger partial charge in [0.2, 0.25) is 5.91 Å². The molecule has 132 valence electrons. The molecular formula is C16H21FN2O5. The number of ether oxygens (including phenoxy) is 2. The molecule has 1 aromatic carbocycles. The average Bonchev–Trinajstić information content (AvgIpc) is 2.57. The third kappa shape index (κ3) is 6.64. The molecule has 2 amide bonds. The van der Waals surface area contributed by atoms with Crippen molar-refractivity contribution in [3.8, 4) is 5.75 Å². The highest BCUT2D eigenvalue weighted by Gasteiger charge is 2.17. The van der Waals surface area contributed by atoms with Gasteiger partial charge in [0.1, 0.15) is 0 Å². The summed E-state index contributed by atoms with van der Waals surface area (Å²) in [5.74, 6) is -2.27. The molecular weight excluding hydrogens is 319 g/mol. The number of para-hydroxylation sites is 1. The van der Waals surface area contributed by atoms with Crippen molar-refractivity contribution in [3.05, 3.63) is 30.1 Å². The first-order chi connectivity index (χ1) is 11.5. The number of esters is 1. The summed E-state index contributed by atoms with van der Waals surface area (Å²) in [6, 6.07) is 5.63. The topological polar surface area (TPSA) is 84.9 Å². The Hall–Kier alpha value is -2.64. The lowest BCUT2D eigenvalue weighted by molar-refractivity contribution is -0.154. The molecule has 1 aromatic rings. The lowest BCUT2D eigenvalue weighted by atomic mass is 10.3. The Labute approximate surface area is 139 Å². The van der Waals surface area contributed by atoms with Gasteiger partial charge in [0, 0.05) is 13.1 Å². The van der Waals surface area contributed by atoms with E-state index in [1.165, 1.54) is 23.1 Å². The molecule has 0 saturated carbocycles. The summed E-state index contributed by atoms with van der Waals surface area (Å²) in [6.45, 7) is 3.12. The van der Waals surface area contributed by atoms with Crippen LogP contribution in [-0.2, 0) is 19.1 Å². The van der Waals surface area contributed by atoms with E-state index >= 15 is 0 Å². The van der Waals surface area contributed by atoms with Crippen LogP contribution in [0.4, 0.5) is 4.39 Å². The molecule has 1 N–H and O–H groups in total. The molecule has 0 bridgehead atoms. The second-order valence-corrected chi connectivity index (χ2v) is 4.74. The number of nitrogens with one attached hydrogen (secondary N) is 1. The van der Waals surface area contributed by atoms with Crippen molar-refractivity contribution in [2.45, 2.75) is 13.8 Å². The summed E-state index contributed by atoms with van der Waals surface area (Å²) in [5, 5.41) is 2.58. The lowest BCUT2D eigenvalue weighted by Gasteiger charge is -2.20. The van der Waals surface area contributed by atoms with Crippen LogP contribution in [0.5, 0.6) is 5.75 Å². The Balaban J connectivity index is 2.38. The standard InChI is InChI=1S/C16H21FN2O5/c1-3-18-14(20)9-19(4-2)15(21)10-24-16(22)11-23-13-8-6-5-7-12(13)17/h5-8H,3-4,9-11H2,1-2H3,(H,18,20). The van der Waals surface area contributed by atoms with Gasteiger partial charge in [-0.3, -0.25) is 9.59 Å². The van der Waals surface area contributed by atoms with Crippen molar-refractivity contribution in [1.82, 2.24) is 10.2 Å². The van der Waals surface area contributed by atoms with E-state index in [0.717, 1.165) is 0 Å². The predicted octanol–water partition coefficient (Wildman–Crippen LogP) is 0.732. The van der Waals surface area contributed by atoms with Crippen LogP contribution >= 0.6 is 0 Å². The second kappa shape index (κ2) is 10.2. The number of rotatable bonds is 9. The van der Waals surface area contributed by atoms with Gasteiger partial charge in [-0.1, -0.05) is 12.1 Å². The second-order valence-electron chi connectivity index (χ2n) is 4.74. The first kappa shape index (κ1) is 19.4. The lowest BCUT2D eigenvalue weighted by Crippen LogP contribution is -2.42. The molecule has 0 aliphatic heterocycles. The number of benzene rings is 1. The van der Waals surface area contributed by atoms with Crippen molar-refractivity contribution < 1.29 is 28.2 Å². The van der Waals surface area contributed by atoms with Crippen molar-refractivity contribution >= 4 is 17.8 Å². The summed E-state index contributed by atoms with van der Waals surface area (Å²) >= 11 is 0. The molecule has 0 aliphatic carbocycles. The van der Waals surface area contributed by atoms with Crippen molar-refractivity contribution in [2.24, 2.45) is 0 Å². The highest BCUT2D eigenvalue weighted by molar-refractivity contribution is 5.86. The number of carbonyl (C=O) groups is 3. The number of hydrogen-bond donors (Lipinski definition) is 1. The van der Waals surface area contributed by atoms with E-state index in [1.54, 1.807) is 19.9 Å².